The van der Waals surface area contributed by atoms with Crippen molar-refractivity contribution in [2.45, 2.75) is 13.3 Å². The molecule has 10 heteroatoms. The van der Waals surface area contributed by atoms with Gasteiger partial charge in [-0.25, -0.2) is 0 Å². The number of hydrogen-bond donors (Lipinski definition) is 2. The third kappa shape index (κ3) is 4.18. The van der Waals surface area contributed by atoms with Crippen LogP contribution in [0.2, 0.25) is 0 Å². The van der Waals surface area contributed by atoms with Crippen LogP contribution >= 0.6 is 0 Å². The molecule has 0 atom stereocenters. The quantitative estimate of drug-likeness (QED) is 0.493. The van der Waals surface area contributed by atoms with Gasteiger partial charge in [0.25, 0.3) is 11.6 Å². The first-order chi connectivity index (χ1) is 13.5. The molecular formula is C18H15N5O5. The minimum Gasteiger partial charge on any atom is -0.403 e. The van der Waals surface area contributed by atoms with Gasteiger partial charge in [0, 0.05) is 24.1 Å². The number of nitrogens with zero attached hydrogens (tertiary/aromatic N) is 3. The summed E-state index contributed by atoms with van der Waals surface area (Å²) in [5.41, 5.74) is 0.998. The summed E-state index contributed by atoms with van der Waals surface area (Å²) >= 11 is 0. The van der Waals surface area contributed by atoms with Gasteiger partial charge in [0.05, 0.1) is 16.2 Å². The number of nitro groups is 1. The molecular weight excluding hydrogens is 366 g/mol. The Kier molecular flexibility index (Phi) is 5.40. The molecule has 0 saturated heterocycles. The fraction of sp³-hybridized carbons (Fsp3) is 0.111. The van der Waals surface area contributed by atoms with E-state index >= 15 is 0 Å². The zero-order valence-electron chi connectivity index (χ0n) is 14.7. The fourth-order valence-electron chi connectivity index (χ4n) is 2.31. The zero-order valence-corrected chi connectivity index (χ0v) is 14.7. The molecule has 142 valence electrons. The number of carbonyl (C=O) groups is 2. The van der Waals surface area contributed by atoms with E-state index in [0.717, 1.165) is 0 Å². The zero-order chi connectivity index (χ0) is 20.1. The van der Waals surface area contributed by atoms with Crippen molar-refractivity contribution in [1.29, 1.82) is 0 Å². The lowest BCUT2D eigenvalue weighted by atomic mass is 10.1. The maximum Gasteiger partial charge on any atom is 0.322 e. The highest BCUT2D eigenvalue weighted by molar-refractivity contribution is 6.09. The second-order valence-electron chi connectivity index (χ2n) is 5.62. The van der Waals surface area contributed by atoms with Gasteiger partial charge in [-0.3, -0.25) is 25.0 Å². The summed E-state index contributed by atoms with van der Waals surface area (Å²) in [6.07, 6.45) is 0.276. The van der Waals surface area contributed by atoms with Crippen molar-refractivity contribution in [3.63, 3.8) is 0 Å². The van der Waals surface area contributed by atoms with Crippen LogP contribution in [-0.4, -0.2) is 26.9 Å². The maximum absolute atomic E-state index is 12.5. The number of non-ortho nitro benzene ring substituents is 1. The van der Waals surface area contributed by atoms with E-state index in [1.54, 1.807) is 31.2 Å². The van der Waals surface area contributed by atoms with Crippen LogP contribution in [0.4, 0.5) is 17.4 Å². The Balaban J connectivity index is 1.76. The first kappa shape index (κ1) is 18.7. The summed E-state index contributed by atoms with van der Waals surface area (Å²) in [7, 11) is 0. The molecule has 0 aliphatic heterocycles. The number of para-hydroxylation sites is 1. The minimum atomic E-state index is -0.536. The summed E-state index contributed by atoms with van der Waals surface area (Å²) < 4.78 is 5.39. The van der Waals surface area contributed by atoms with Gasteiger partial charge in [-0.05, 0) is 24.3 Å². The normalized spacial score (nSPS) is 10.3. The number of nitrogens with one attached hydrogen (secondary N) is 2. The molecule has 0 radical (unpaired) electrons. The first-order valence-electron chi connectivity index (χ1n) is 8.26. The molecule has 3 aromatic rings. The van der Waals surface area contributed by atoms with E-state index in [0.29, 0.717) is 11.3 Å². The summed E-state index contributed by atoms with van der Waals surface area (Å²) in [5.74, 6) is -0.665. The molecule has 2 aromatic carbocycles. The van der Waals surface area contributed by atoms with Gasteiger partial charge in [-0.15, -0.1) is 5.10 Å². The molecule has 0 aliphatic rings. The molecule has 0 aliphatic carbocycles. The van der Waals surface area contributed by atoms with Crippen molar-refractivity contribution in [3.05, 3.63) is 64.2 Å². The molecule has 0 unspecified atom stereocenters. The largest absolute Gasteiger partial charge is 0.403 e. The third-order valence-corrected chi connectivity index (χ3v) is 3.74. The number of aromatic nitrogens is 2. The average Bonchev–Trinajstić information content (AvgIpc) is 3.16. The van der Waals surface area contributed by atoms with E-state index in [-0.39, 0.29) is 35.5 Å². The third-order valence-electron chi connectivity index (χ3n) is 3.74. The van der Waals surface area contributed by atoms with Crippen molar-refractivity contribution >= 4 is 29.2 Å². The lowest BCUT2D eigenvalue weighted by molar-refractivity contribution is -0.384. The summed E-state index contributed by atoms with van der Waals surface area (Å²) in [6.45, 7) is 1.70. The van der Waals surface area contributed by atoms with Crippen LogP contribution in [-0.2, 0) is 4.79 Å². The van der Waals surface area contributed by atoms with Gasteiger partial charge in [0.2, 0.25) is 11.8 Å². The molecule has 0 saturated carbocycles. The number of benzene rings is 2. The predicted molar refractivity (Wildman–Crippen MR) is 99.7 cm³/mol. The highest BCUT2D eigenvalue weighted by Crippen LogP contribution is 2.23. The Morgan fingerprint density at radius 1 is 1.07 bits per heavy atom. The molecule has 0 fully saturated rings. The van der Waals surface area contributed by atoms with Crippen LogP contribution in [0, 0.1) is 10.1 Å². The summed E-state index contributed by atoms with van der Waals surface area (Å²) in [4.78, 5) is 34.3. The number of anilines is 2. The Hall–Kier alpha value is -4.08. The summed E-state index contributed by atoms with van der Waals surface area (Å²) in [5, 5.41) is 23.4. The second kappa shape index (κ2) is 8.08. The molecule has 0 bridgehead atoms. The predicted octanol–water partition coefficient (Wildman–Crippen LogP) is 3.25. The topological polar surface area (TPSA) is 140 Å². The molecule has 0 spiro atoms. The molecule has 1 heterocycles. The van der Waals surface area contributed by atoms with E-state index < -0.39 is 10.8 Å². The van der Waals surface area contributed by atoms with Gasteiger partial charge in [-0.1, -0.05) is 24.2 Å². The lowest BCUT2D eigenvalue weighted by Gasteiger charge is -2.09. The molecule has 1 aromatic heterocycles. The lowest BCUT2D eigenvalue weighted by Crippen LogP contribution is -2.17. The van der Waals surface area contributed by atoms with Crippen LogP contribution in [0.3, 0.4) is 0 Å². The monoisotopic (exact) mass is 381 g/mol. The van der Waals surface area contributed by atoms with Crippen LogP contribution in [0.1, 0.15) is 23.7 Å². The highest BCUT2D eigenvalue weighted by Gasteiger charge is 2.17. The van der Waals surface area contributed by atoms with Crippen molar-refractivity contribution in [2.24, 2.45) is 0 Å². The van der Waals surface area contributed by atoms with Crippen LogP contribution in [0.15, 0.2) is 52.9 Å². The molecule has 10 nitrogen and oxygen atoms in total. The van der Waals surface area contributed by atoms with Gasteiger partial charge >= 0.3 is 6.01 Å². The van der Waals surface area contributed by atoms with Gasteiger partial charge < -0.3 is 9.73 Å². The Morgan fingerprint density at radius 2 is 1.79 bits per heavy atom. The molecule has 28 heavy (non-hydrogen) atoms. The van der Waals surface area contributed by atoms with Gasteiger partial charge in [-0.2, -0.15) is 0 Å². The van der Waals surface area contributed by atoms with E-state index in [4.69, 9.17) is 4.42 Å². The molecule has 2 N–H and O–H groups in total. The number of amides is 2. The van der Waals surface area contributed by atoms with E-state index in [2.05, 4.69) is 20.8 Å². The minimum absolute atomic E-state index is 0.0671. The van der Waals surface area contributed by atoms with Gasteiger partial charge in [0.1, 0.15) is 0 Å². The smallest absolute Gasteiger partial charge is 0.322 e. The van der Waals surface area contributed by atoms with Crippen molar-refractivity contribution < 1.29 is 18.9 Å². The number of hydrogen-bond acceptors (Lipinski definition) is 7. The van der Waals surface area contributed by atoms with Crippen molar-refractivity contribution in [2.75, 3.05) is 10.6 Å². The number of carbonyl (C=O) groups excluding carboxylic acids is 2. The SMILES string of the molecule is CCC(=O)Nc1ccccc1C(=O)Nc1nnc(-c2ccc([N+](=O)[O-])cc2)o1. The standard InChI is InChI=1S/C18H15N5O5/c1-2-15(24)19-14-6-4-3-5-13(14)16(25)20-18-22-21-17(28-18)11-7-9-12(10-8-11)23(26)27/h3-10H,2H2,1H3,(H,19,24)(H,20,22,25). The Morgan fingerprint density at radius 3 is 2.46 bits per heavy atom. The Labute approximate surface area is 158 Å². The average molecular weight is 381 g/mol. The van der Waals surface area contributed by atoms with E-state index in [1.807, 2.05) is 0 Å². The summed E-state index contributed by atoms with van der Waals surface area (Å²) in [6, 6.07) is 11.9. The highest BCUT2D eigenvalue weighted by atomic mass is 16.6. The fourth-order valence-corrected chi connectivity index (χ4v) is 2.31. The van der Waals surface area contributed by atoms with Gasteiger partial charge in [0.15, 0.2) is 0 Å². The maximum atomic E-state index is 12.5. The van der Waals surface area contributed by atoms with E-state index in [1.165, 1.54) is 24.3 Å². The van der Waals surface area contributed by atoms with Crippen molar-refractivity contribution in [1.82, 2.24) is 10.2 Å². The van der Waals surface area contributed by atoms with Crippen LogP contribution in [0.25, 0.3) is 11.5 Å². The first-order valence-corrected chi connectivity index (χ1v) is 8.26. The number of nitro benzene ring substituents is 1. The van der Waals surface area contributed by atoms with Crippen molar-refractivity contribution in [3.8, 4) is 11.5 Å². The van der Waals surface area contributed by atoms with Crippen LogP contribution < -0.4 is 10.6 Å². The molecule has 3 rings (SSSR count). The Bertz CT molecular complexity index is 1030. The second-order valence-corrected chi connectivity index (χ2v) is 5.62. The number of rotatable bonds is 6. The van der Waals surface area contributed by atoms with Crippen LogP contribution in [0.5, 0.6) is 0 Å². The molecule has 2 amide bonds. The van der Waals surface area contributed by atoms with E-state index in [9.17, 15) is 19.7 Å².